The molecule has 23 heavy (non-hydrogen) atoms. The molecule has 3 atom stereocenters. The van der Waals surface area contributed by atoms with Crippen molar-refractivity contribution in [2.45, 2.75) is 51.5 Å². The highest BCUT2D eigenvalue weighted by molar-refractivity contribution is 5.98. The summed E-state index contributed by atoms with van der Waals surface area (Å²) in [6.07, 6.45) is 7.88. The van der Waals surface area contributed by atoms with E-state index in [1.807, 2.05) is 11.0 Å². The first-order valence-electron chi connectivity index (χ1n) is 9.37. The minimum Gasteiger partial charge on any atom is -0.310 e. The number of hydrogen-bond donors (Lipinski definition) is 0. The lowest BCUT2D eigenvalue weighted by atomic mass is 9.75. The molecule has 3 heteroatoms. The minimum atomic E-state index is 0.0176. The maximum Gasteiger partial charge on any atom is 0.244 e. The smallest absolute Gasteiger partial charge is 0.244 e. The summed E-state index contributed by atoms with van der Waals surface area (Å²) in [5, 5.41) is 0. The summed E-state index contributed by atoms with van der Waals surface area (Å²) in [4.78, 5) is 17.5. The molecule has 0 spiro atoms. The fraction of sp³-hybridized carbons (Fsp3) is 0.650. The van der Waals surface area contributed by atoms with E-state index in [1.54, 1.807) is 0 Å². The predicted molar refractivity (Wildman–Crippen MR) is 93.6 cm³/mol. The molecule has 1 saturated heterocycles. The lowest BCUT2D eigenvalue weighted by molar-refractivity contribution is -0.124. The molecule has 2 fully saturated rings. The first-order valence-corrected chi connectivity index (χ1v) is 9.37. The van der Waals surface area contributed by atoms with E-state index in [4.69, 9.17) is 0 Å². The second-order valence-electron chi connectivity index (χ2n) is 7.63. The maximum atomic E-state index is 13.1. The fourth-order valence-electron chi connectivity index (χ4n) is 4.93. The summed E-state index contributed by atoms with van der Waals surface area (Å²) in [5.74, 6) is 2.05. The van der Waals surface area contributed by atoms with E-state index in [9.17, 15) is 4.79 Å². The van der Waals surface area contributed by atoms with Crippen molar-refractivity contribution in [3.63, 3.8) is 0 Å². The highest BCUT2D eigenvalue weighted by Crippen LogP contribution is 2.37. The van der Waals surface area contributed by atoms with Crippen LogP contribution < -0.4 is 4.90 Å². The van der Waals surface area contributed by atoms with Gasteiger partial charge in [0.05, 0.1) is 6.04 Å². The van der Waals surface area contributed by atoms with Gasteiger partial charge in [0.2, 0.25) is 5.91 Å². The Kier molecular flexibility index (Phi) is 4.14. The molecular formula is C20H28N2O. The van der Waals surface area contributed by atoms with Gasteiger partial charge >= 0.3 is 0 Å². The van der Waals surface area contributed by atoms with Crippen LogP contribution in [0.4, 0.5) is 5.69 Å². The first-order chi connectivity index (χ1) is 11.2. The monoisotopic (exact) mass is 312 g/mol. The predicted octanol–water partition coefficient (Wildman–Crippen LogP) is 3.48. The van der Waals surface area contributed by atoms with Crippen LogP contribution in [0.5, 0.6) is 0 Å². The van der Waals surface area contributed by atoms with Crippen LogP contribution in [0, 0.1) is 11.8 Å². The molecule has 0 unspecified atom stereocenters. The van der Waals surface area contributed by atoms with Crippen LogP contribution in [0.3, 0.4) is 0 Å². The molecule has 2 aliphatic heterocycles. The van der Waals surface area contributed by atoms with Crippen LogP contribution >= 0.6 is 0 Å². The third kappa shape index (κ3) is 2.80. The van der Waals surface area contributed by atoms with E-state index < -0.39 is 0 Å². The summed E-state index contributed by atoms with van der Waals surface area (Å²) in [6, 6.07) is 8.39. The van der Waals surface area contributed by atoms with Crippen LogP contribution in [0.15, 0.2) is 24.3 Å². The molecular weight excluding hydrogens is 284 g/mol. The Hall–Kier alpha value is -1.35. The number of para-hydroxylation sites is 1. The van der Waals surface area contributed by atoms with Crippen LogP contribution in [-0.2, 0) is 11.2 Å². The molecule has 0 bridgehead atoms. The molecule has 1 amide bonds. The van der Waals surface area contributed by atoms with E-state index in [0.717, 1.165) is 43.6 Å². The zero-order chi connectivity index (χ0) is 15.8. The van der Waals surface area contributed by atoms with Gasteiger partial charge in [0.25, 0.3) is 0 Å². The number of amides is 1. The topological polar surface area (TPSA) is 23.6 Å². The summed E-state index contributed by atoms with van der Waals surface area (Å²) in [7, 11) is 0. The number of fused-ring (bicyclic) bond motifs is 2. The third-order valence-corrected chi connectivity index (χ3v) is 6.38. The number of anilines is 1. The van der Waals surface area contributed by atoms with Crippen molar-refractivity contribution >= 4 is 11.6 Å². The number of likely N-dealkylation sites (tertiary alicyclic amines) is 1. The lowest BCUT2D eigenvalue weighted by Gasteiger charge is -2.43. The SMILES string of the molecule is C[C@@H](C(=O)N1CCc2ccccc21)N1CC[C@@H]2CCCC[C@@H]2C1. The molecule has 1 aliphatic carbocycles. The molecule has 0 aromatic heterocycles. The van der Waals surface area contributed by atoms with Crippen LogP contribution in [0.25, 0.3) is 0 Å². The molecule has 0 N–H and O–H groups in total. The van der Waals surface area contributed by atoms with Gasteiger partial charge in [-0.15, -0.1) is 0 Å². The zero-order valence-corrected chi connectivity index (χ0v) is 14.2. The number of benzene rings is 1. The van der Waals surface area contributed by atoms with E-state index in [0.29, 0.717) is 5.91 Å². The third-order valence-electron chi connectivity index (χ3n) is 6.38. The lowest BCUT2D eigenvalue weighted by Crippen LogP contribution is -2.52. The molecule has 1 aromatic rings. The second kappa shape index (κ2) is 6.27. The van der Waals surface area contributed by atoms with Gasteiger partial charge in [0.15, 0.2) is 0 Å². The molecule has 0 radical (unpaired) electrons. The van der Waals surface area contributed by atoms with Crippen molar-refractivity contribution < 1.29 is 4.79 Å². The van der Waals surface area contributed by atoms with Crippen LogP contribution in [0.1, 0.15) is 44.6 Å². The molecule has 4 rings (SSSR count). The average Bonchev–Trinajstić information content (AvgIpc) is 3.04. The summed E-state index contributed by atoms with van der Waals surface area (Å²) < 4.78 is 0. The minimum absolute atomic E-state index is 0.0176. The van der Waals surface area contributed by atoms with Crippen LogP contribution in [-0.4, -0.2) is 36.5 Å². The summed E-state index contributed by atoms with van der Waals surface area (Å²) >= 11 is 0. The van der Waals surface area contributed by atoms with Gasteiger partial charge in [-0.3, -0.25) is 9.69 Å². The van der Waals surface area contributed by atoms with E-state index in [-0.39, 0.29) is 6.04 Å². The van der Waals surface area contributed by atoms with E-state index >= 15 is 0 Å². The van der Waals surface area contributed by atoms with E-state index in [2.05, 4.69) is 30.0 Å². The Morgan fingerprint density at radius 2 is 1.87 bits per heavy atom. The van der Waals surface area contributed by atoms with Gasteiger partial charge in [-0.2, -0.15) is 0 Å². The van der Waals surface area contributed by atoms with Crippen LogP contribution in [0.2, 0.25) is 0 Å². The number of carbonyl (C=O) groups is 1. The first kappa shape index (κ1) is 15.2. The normalized spacial score (nSPS) is 29.0. The fourth-order valence-corrected chi connectivity index (χ4v) is 4.93. The summed E-state index contributed by atoms with van der Waals surface area (Å²) in [5.41, 5.74) is 2.45. The van der Waals surface area contributed by atoms with E-state index in [1.165, 1.54) is 37.7 Å². The molecule has 1 saturated carbocycles. The molecule has 124 valence electrons. The van der Waals surface area contributed by atoms with Gasteiger partial charge in [-0.1, -0.05) is 37.5 Å². The van der Waals surface area contributed by atoms with Crippen molar-refractivity contribution in [3.8, 4) is 0 Å². The van der Waals surface area contributed by atoms with Gasteiger partial charge in [-0.25, -0.2) is 0 Å². The van der Waals surface area contributed by atoms with Gasteiger partial charge in [0, 0.05) is 18.8 Å². The molecule has 3 aliphatic rings. The standard InChI is InChI=1S/C20H28N2O/c1-15(21-12-10-16-6-2-3-8-18(16)14-21)20(23)22-13-11-17-7-4-5-9-19(17)22/h4-5,7,9,15-16,18H,2-3,6,8,10-14H2,1H3/t15-,16-,18+/m0/s1. The Labute approximate surface area is 139 Å². The number of rotatable bonds is 2. The Balaban J connectivity index is 1.45. The number of piperidine rings is 1. The highest BCUT2D eigenvalue weighted by Gasteiger charge is 2.36. The van der Waals surface area contributed by atoms with Gasteiger partial charge in [-0.05, 0) is 56.2 Å². The Morgan fingerprint density at radius 3 is 2.74 bits per heavy atom. The Morgan fingerprint density at radius 1 is 1.09 bits per heavy atom. The maximum absolute atomic E-state index is 13.1. The average molecular weight is 312 g/mol. The van der Waals surface area contributed by atoms with Crippen molar-refractivity contribution in [2.75, 3.05) is 24.5 Å². The number of nitrogens with zero attached hydrogens (tertiary/aromatic N) is 2. The Bertz CT molecular complexity index is 585. The quantitative estimate of drug-likeness (QED) is 0.835. The summed E-state index contributed by atoms with van der Waals surface area (Å²) in [6.45, 7) is 5.20. The number of carbonyl (C=O) groups excluding carboxylic acids is 1. The van der Waals surface area contributed by atoms with Gasteiger partial charge in [0.1, 0.15) is 0 Å². The molecule has 1 aromatic carbocycles. The number of hydrogen-bond acceptors (Lipinski definition) is 2. The van der Waals surface area contributed by atoms with Crippen molar-refractivity contribution in [2.24, 2.45) is 11.8 Å². The van der Waals surface area contributed by atoms with Crippen molar-refractivity contribution in [1.82, 2.24) is 4.90 Å². The largest absolute Gasteiger partial charge is 0.310 e. The van der Waals surface area contributed by atoms with Gasteiger partial charge < -0.3 is 4.90 Å². The van der Waals surface area contributed by atoms with Crippen molar-refractivity contribution in [3.05, 3.63) is 29.8 Å². The zero-order valence-electron chi connectivity index (χ0n) is 14.2. The van der Waals surface area contributed by atoms with Crippen molar-refractivity contribution in [1.29, 1.82) is 0 Å². The molecule has 3 nitrogen and oxygen atoms in total. The molecule has 2 heterocycles. The second-order valence-corrected chi connectivity index (χ2v) is 7.63. The highest BCUT2D eigenvalue weighted by atomic mass is 16.2.